The van der Waals surface area contributed by atoms with E-state index >= 15 is 0 Å². The Morgan fingerprint density at radius 1 is 0.441 bits per heavy atom. The third kappa shape index (κ3) is 8.69. The molecule has 0 spiro atoms. The lowest BCUT2D eigenvalue weighted by atomic mass is 10.3. The van der Waals surface area contributed by atoms with E-state index in [4.69, 9.17) is 22.9 Å². The van der Waals surface area contributed by atoms with E-state index in [9.17, 15) is 0 Å². The van der Waals surface area contributed by atoms with Gasteiger partial charge in [0.2, 0.25) is 0 Å². The molecule has 0 saturated heterocycles. The van der Waals surface area contributed by atoms with Gasteiger partial charge in [0.25, 0.3) is 0 Å². The third-order valence-electron chi connectivity index (χ3n) is 3.91. The first kappa shape index (κ1) is 27.8. The standard InChI is InChI=1S/2C11H11N5.2ClH/c2*12-10-7-6-9(11(13)14-10)16-15-8-4-2-1-3-5-8;;/h2*1-7H,(H4,12,13,14);2*1H. The lowest BCUT2D eigenvalue weighted by Gasteiger charge is -1.98. The molecule has 4 rings (SSSR count). The normalized spacial score (nSPS) is 10.1. The summed E-state index contributed by atoms with van der Waals surface area (Å²) in [5.74, 6) is 1.30. The highest BCUT2D eigenvalue weighted by atomic mass is 35.5. The molecule has 0 aliphatic carbocycles. The molecule has 4 aromatic rings. The zero-order valence-corrected chi connectivity index (χ0v) is 19.5. The summed E-state index contributed by atoms with van der Waals surface area (Å²) in [4.78, 5) is 7.78. The molecule has 0 unspecified atom stereocenters. The number of hydrogen-bond acceptors (Lipinski definition) is 10. The van der Waals surface area contributed by atoms with E-state index in [0.717, 1.165) is 11.4 Å². The predicted octanol–water partition coefficient (Wildman–Crippen LogP) is 6.17. The van der Waals surface area contributed by atoms with Crippen LogP contribution >= 0.6 is 24.8 Å². The van der Waals surface area contributed by atoms with Gasteiger partial charge in [-0.05, 0) is 48.5 Å². The first-order chi connectivity index (χ1) is 15.5. The summed E-state index contributed by atoms with van der Waals surface area (Å²) in [6.45, 7) is 0. The number of anilines is 4. The van der Waals surface area contributed by atoms with E-state index in [1.54, 1.807) is 24.3 Å². The summed E-state index contributed by atoms with van der Waals surface area (Å²) in [7, 11) is 0. The van der Waals surface area contributed by atoms with Crippen molar-refractivity contribution in [3.63, 3.8) is 0 Å². The van der Waals surface area contributed by atoms with Gasteiger partial charge in [-0.2, -0.15) is 10.2 Å². The summed E-state index contributed by atoms with van der Waals surface area (Å²) in [6.07, 6.45) is 0. The number of nitrogens with zero attached hydrogens (tertiary/aromatic N) is 6. The monoisotopic (exact) mass is 498 g/mol. The molecule has 0 atom stereocenters. The molecule has 12 heteroatoms. The van der Waals surface area contributed by atoms with Gasteiger partial charge in [0.1, 0.15) is 23.0 Å². The number of benzene rings is 2. The largest absolute Gasteiger partial charge is 0.384 e. The van der Waals surface area contributed by atoms with E-state index in [1.165, 1.54) is 0 Å². The van der Waals surface area contributed by atoms with Crippen LogP contribution in [0.25, 0.3) is 0 Å². The number of pyridine rings is 2. The minimum absolute atomic E-state index is 0. The van der Waals surface area contributed by atoms with Crippen molar-refractivity contribution in [2.45, 2.75) is 0 Å². The predicted molar refractivity (Wildman–Crippen MR) is 142 cm³/mol. The molecule has 0 saturated carbocycles. The van der Waals surface area contributed by atoms with Crippen LogP contribution in [-0.4, -0.2) is 9.97 Å². The van der Waals surface area contributed by atoms with E-state index in [0.29, 0.717) is 23.0 Å². The maximum Gasteiger partial charge on any atom is 0.153 e. The van der Waals surface area contributed by atoms with Gasteiger partial charge in [-0.1, -0.05) is 36.4 Å². The fourth-order valence-electron chi connectivity index (χ4n) is 2.35. The van der Waals surface area contributed by atoms with Crippen LogP contribution in [0.5, 0.6) is 0 Å². The van der Waals surface area contributed by atoms with Crippen molar-refractivity contribution in [1.29, 1.82) is 0 Å². The van der Waals surface area contributed by atoms with Gasteiger partial charge < -0.3 is 22.9 Å². The fourth-order valence-corrected chi connectivity index (χ4v) is 2.35. The molecule has 0 aliphatic heterocycles. The van der Waals surface area contributed by atoms with Crippen molar-refractivity contribution in [2.24, 2.45) is 20.5 Å². The lowest BCUT2D eigenvalue weighted by molar-refractivity contribution is 1.21. The second-order valence-corrected chi connectivity index (χ2v) is 6.35. The molecular formula is C22H24Cl2N10. The van der Waals surface area contributed by atoms with Gasteiger partial charge >= 0.3 is 0 Å². The number of rotatable bonds is 4. The molecule has 10 nitrogen and oxygen atoms in total. The molecule has 176 valence electrons. The topological polar surface area (TPSA) is 179 Å². The van der Waals surface area contributed by atoms with Gasteiger partial charge in [-0.25, -0.2) is 9.97 Å². The smallest absolute Gasteiger partial charge is 0.153 e. The number of nitrogen functional groups attached to an aromatic ring is 4. The molecule has 0 radical (unpaired) electrons. The van der Waals surface area contributed by atoms with Gasteiger partial charge in [0.05, 0.1) is 11.4 Å². The van der Waals surface area contributed by atoms with Crippen molar-refractivity contribution in [1.82, 2.24) is 9.97 Å². The average molecular weight is 499 g/mol. The summed E-state index contributed by atoms with van der Waals surface area (Å²) in [5.41, 5.74) is 24.8. The molecule has 2 aromatic carbocycles. The highest BCUT2D eigenvalue weighted by Gasteiger charge is 2.00. The fraction of sp³-hybridized carbons (Fsp3) is 0. The molecule has 0 aliphatic rings. The molecule has 0 amide bonds. The summed E-state index contributed by atoms with van der Waals surface area (Å²) in [5, 5.41) is 16.1. The maximum atomic E-state index is 5.64. The number of hydrogen-bond donors (Lipinski definition) is 4. The second kappa shape index (κ2) is 14.0. The zero-order valence-electron chi connectivity index (χ0n) is 17.9. The van der Waals surface area contributed by atoms with Crippen LogP contribution < -0.4 is 22.9 Å². The highest BCUT2D eigenvalue weighted by molar-refractivity contribution is 5.85. The van der Waals surface area contributed by atoms with Crippen LogP contribution in [0.15, 0.2) is 105 Å². The Kier molecular flexibility index (Phi) is 11.4. The van der Waals surface area contributed by atoms with Crippen molar-refractivity contribution in [3.05, 3.63) is 84.9 Å². The summed E-state index contributed by atoms with van der Waals surface area (Å²) in [6, 6.07) is 25.4. The number of halogens is 2. The Bertz CT molecular complexity index is 1120. The average Bonchev–Trinajstić information content (AvgIpc) is 2.80. The van der Waals surface area contributed by atoms with Gasteiger partial charge in [0, 0.05) is 0 Å². The SMILES string of the molecule is Cl.Cl.Nc1ccc(N=Nc2ccccc2)c(N)n1.Nc1ccc(N=Nc2ccccc2)c(N)n1. The minimum Gasteiger partial charge on any atom is -0.384 e. The van der Waals surface area contributed by atoms with E-state index in [-0.39, 0.29) is 36.4 Å². The van der Waals surface area contributed by atoms with Crippen LogP contribution in [-0.2, 0) is 0 Å². The Labute approximate surface area is 209 Å². The van der Waals surface area contributed by atoms with Gasteiger partial charge in [-0.3, -0.25) is 0 Å². The number of nitrogens with two attached hydrogens (primary N) is 4. The number of aromatic nitrogens is 2. The van der Waals surface area contributed by atoms with Crippen LogP contribution in [0.1, 0.15) is 0 Å². The van der Waals surface area contributed by atoms with E-state index in [1.807, 2.05) is 60.7 Å². The maximum absolute atomic E-state index is 5.64. The molecular weight excluding hydrogens is 475 g/mol. The zero-order chi connectivity index (χ0) is 22.8. The van der Waals surface area contributed by atoms with Crippen LogP contribution in [0.3, 0.4) is 0 Å². The molecule has 2 aromatic heterocycles. The van der Waals surface area contributed by atoms with Gasteiger partial charge in [0.15, 0.2) is 11.6 Å². The van der Waals surface area contributed by atoms with Crippen LogP contribution in [0.2, 0.25) is 0 Å². The van der Waals surface area contributed by atoms with E-state index < -0.39 is 0 Å². The minimum atomic E-state index is 0. The third-order valence-corrected chi connectivity index (χ3v) is 3.91. The number of azo groups is 2. The molecule has 0 fully saturated rings. The first-order valence-electron chi connectivity index (χ1n) is 9.49. The first-order valence-corrected chi connectivity index (χ1v) is 9.49. The Morgan fingerprint density at radius 2 is 0.794 bits per heavy atom. The summed E-state index contributed by atoms with van der Waals surface area (Å²) >= 11 is 0. The van der Waals surface area contributed by atoms with Crippen molar-refractivity contribution in [3.8, 4) is 0 Å². The van der Waals surface area contributed by atoms with Crippen molar-refractivity contribution in [2.75, 3.05) is 22.9 Å². The molecule has 2 heterocycles. The van der Waals surface area contributed by atoms with Crippen LogP contribution in [0.4, 0.5) is 46.0 Å². The van der Waals surface area contributed by atoms with Crippen molar-refractivity contribution >= 4 is 70.8 Å². The molecule has 8 N–H and O–H groups in total. The molecule has 34 heavy (non-hydrogen) atoms. The van der Waals surface area contributed by atoms with E-state index in [2.05, 4.69) is 30.4 Å². The molecule has 0 bridgehead atoms. The highest BCUT2D eigenvalue weighted by Crippen LogP contribution is 2.24. The Balaban J connectivity index is 0.000000321. The second-order valence-electron chi connectivity index (χ2n) is 6.35. The van der Waals surface area contributed by atoms with Crippen molar-refractivity contribution < 1.29 is 0 Å². The lowest BCUT2D eigenvalue weighted by Crippen LogP contribution is -1.95. The Morgan fingerprint density at radius 3 is 1.12 bits per heavy atom. The Hall–Kier alpha value is -4.28. The summed E-state index contributed by atoms with van der Waals surface area (Å²) < 4.78 is 0. The van der Waals surface area contributed by atoms with Gasteiger partial charge in [-0.15, -0.1) is 35.0 Å². The van der Waals surface area contributed by atoms with Crippen LogP contribution in [0, 0.1) is 0 Å². The quantitative estimate of drug-likeness (QED) is 0.244.